The summed E-state index contributed by atoms with van der Waals surface area (Å²) in [5.41, 5.74) is 2.96. The van der Waals surface area contributed by atoms with Crippen LogP contribution >= 0.6 is 12.4 Å². The molecular formula is C8H14ClN3O2S. The van der Waals surface area contributed by atoms with Crippen LogP contribution in [0.1, 0.15) is 0 Å². The van der Waals surface area contributed by atoms with E-state index in [1.165, 1.54) is 26.2 Å². The number of nitrogens with two attached hydrogens (primary N) is 1. The van der Waals surface area contributed by atoms with Gasteiger partial charge in [0.1, 0.15) is 0 Å². The lowest BCUT2D eigenvalue weighted by molar-refractivity contribution is 0.521. The molecule has 1 aromatic carbocycles. The van der Waals surface area contributed by atoms with E-state index in [0.717, 1.165) is 4.31 Å². The van der Waals surface area contributed by atoms with Crippen molar-refractivity contribution in [1.29, 1.82) is 0 Å². The van der Waals surface area contributed by atoms with Crippen molar-refractivity contribution < 1.29 is 8.42 Å². The van der Waals surface area contributed by atoms with Crippen LogP contribution in [0.3, 0.4) is 0 Å². The van der Waals surface area contributed by atoms with Crippen LogP contribution in [0.4, 0.5) is 5.69 Å². The van der Waals surface area contributed by atoms with E-state index in [0.29, 0.717) is 5.69 Å². The molecule has 0 radical (unpaired) electrons. The second-order valence-electron chi connectivity index (χ2n) is 2.96. The molecule has 0 bridgehead atoms. The lowest BCUT2D eigenvalue weighted by Crippen LogP contribution is -2.22. The van der Waals surface area contributed by atoms with Gasteiger partial charge in [-0.15, -0.1) is 12.4 Å². The van der Waals surface area contributed by atoms with Crippen molar-refractivity contribution >= 4 is 28.1 Å². The van der Waals surface area contributed by atoms with Crippen LogP contribution in [0.25, 0.3) is 0 Å². The Morgan fingerprint density at radius 3 is 2.40 bits per heavy atom. The number of nitrogens with zero attached hydrogens (tertiary/aromatic N) is 1. The lowest BCUT2D eigenvalue weighted by Gasteiger charge is -2.11. The Balaban J connectivity index is 0.00000196. The highest BCUT2D eigenvalue weighted by Crippen LogP contribution is 2.16. The molecule has 0 aromatic heterocycles. The van der Waals surface area contributed by atoms with E-state index in [2.05, 4.69) is 5.43 Å². The highest BCUT2D eigenvalue weighted by atomic mass is 35.5. The fourth-order valence-electron chi connectivity index (χ4n) is 0.957. The van der Waals surface area contributed by atoms with Crippen molar-refractivity contribution in [3.8, 4) is 0 Å². The van der Waals surface area contributed by atoms with Crippen molar-refractivity contribution in [3.63, 3.8) is 0 Å². The normalized spacial score (nSPS) is 10.9. The maximum absolute atomic E-state index is 11.7. The molecule has 0 unspecified atom stereocenters. The fourth-order valence-corrected chi connectivity index (χ4v) is 1.91. The van der Waals surface area contributed by atoms with E-state index in [9.17, 15) is 8.42 Å². The molecule has 0 atom stereocenters. The van der Waals surface area contributed by atoms with E-state index >= 15 is 0 Å². The number of hydrogen-bond acceptors (Lipinski definition) is 4. The Bertz CT molecular complexity index is 420. The summed E-state index contributed by atoms with van der Waals surface area (Å²) in [5, 5.41) is 0. The summed E-state index contributed by atoms with van der Waals surface area (Å²) >= 11 is 0. The van der Waals surface area contributed by atoms with Crippen molar-refractivity contribution in [2.45, 2.75) is 4.90 Å². The Kier molecular flexibility index (Phi) is 5.02. The summed E-state index contributed by atoms with van der Waals surface area (Å²) in [5.74, 6) is 5.18. The molecule has 0 saturated heterocycles. The van der Waals surface area contributed by atoms with E-state index < -0.39 is 10.0 Å². The lowest BCUT2D eigenvalue weighted by atomic mass is 10.3. The molecule has 86 valence electrons. The van der Waals surface area contributed by atoms with E-state index in [-0.39, 0.29) is 17.3 Å². The standard InChI is InChI=1S/C8H13N3O2S.ClH/c1-11(2)14(12,13)8-5-3-4-7(6-8)10-9;/h3-6,10H,9H2,1-2H3;1H. The Morgan fingerprint density at radius 1 is 1.33 bits per heavy atom. The highest BCUT2D eigenvalue weighted by molar-refractivity contribution is 7.89. The van der Waals surface area contributed by atoms with E-state index in [1.54, 1.807) is 12.1 Å². The van der Waals surface area contributed by atoms with Crippen LogP contribution in [-0.4, -0.2) is 26.8 Å². The van der Waals surface area contributed by atoms with Crippen LogP contribution < -0.4 is 11.3 Å². The summed E-state index contributed by atoms with van der Waals surface area (Å²) in [6.07, 6.45) is 0. The Labute approximate surface area is 95.7 Å². The molecule has 1 aromatic rings. The third-order valence-electron chi connectivity index (χ3n) is 1.78. The number of halogens is 1. The number of rotatable bonds is 3. The molecule has 5 nitrogen and oxygen atoms in total. The molecule has 3 N–H and O–H groups in total. The molecule has 0 spiro atoms. The zero-order valence-electron chi connectivity index (χ0n) is 8.47. The van der Waals surface area contributed by atoms with Gasteiger partial charge in [0.25, 0.3) is 0 Å². The minimum atomic E-state index is -3.37. The van der Waals surface area contributed by atoms with Crippen LogP contribution in [-0.2, 0) is 10.0 Å². The van der Waals surface area contributed by atoms with Gasteiger partial charge in [0.05, 0.1) is 4.90 Å². The van der Waals surface area contributed by atoms with Gasteiger partial charge in [-0.05, 0) is 18.2 Å². The van der Waals surface area contributed by atoms with Crippen LogP contribution in [0, 0.1) is 0 Å². The number of hydrazine groups is 1. The molecule has 0 heterocycles. The average Bonchev–Trinajstić information content (AvgIpc) is 2.17. The molecule has 0 aliphatic carbocycles. The van der Waals surface area contributed by atoms with Crippen LogP contribution in [0.5, 0.6) is 0 Å². The van der Waals surface area contributed by atoms with Gasteiger partial charge in [0.15, 0.2) is 0 Å². The second-order valence-corrected chi connectivity index (χ2v) is 5.11. The maximum Gasteiger partial charge on any atom is 0.242 e. The molecule has 0 aliphatic heterocycles. The van der Waals surface area contributed by atoms with Crippen molar-refractivity contribution in [1.82, 2.24) is 4.31 Å². The molecule has 0 saturated carbocycles. The quantitative estimate of drug-likeness (QED) is 0.611. The van der Waals surface area contributed by atoms with Gasteiger partial charge in [0.2, 0.25) is 10.0 Å². The zero-order valence-corrected chi connectivity index (χ0v) is 10.1. The Hall–Kier alpha value is -0.820. The SMILES string of the molecule is CN(C)S(=O)(=O)c1cccc(NN)c1.Cl. The molecule has 1 rings (SSSR count). The molecule has 15 heavy (non-hydrogen) atoms. The number of sulfonamides is 1. The molecular weight excluding hydrogens is 238 g/mol. The highest BCUT2D eigenvalue weighted by Gasteiger charge is 2.16. The fraction of sp³-hybridized carbons (Fsp3) is 0.250. The summed E-state index contributed by atoms with van der Waals surface area (Å²) in [6.45, 7) is 0. The van der Waals surface area contributed by atoms with Crippen molar-refractivity contribution in [2.75, 3.05) is 19.5 Å². The molecule has 7 heteroatoms. The van der Waals surface area contributed by atoms with Crippen LogP contribution in [0.2, 0.25) is 0 Å². The van der Waals surface area contributed by atoms with Gasteiger partial charge in [-0.3, -0.25) is 5.84 Å². The number of hydrogen-bond donors (Lipinski definition) is 2. The van der Waals surface area contributed by atoms with Crippen molar-refractivity contribution in [3.05, 3.63) is 24.3 Å². The second kappa shape index (κ2) is 5.32. The third-order valence-corrected chi connectivity index (χ3v) is 3.59. The predicted octanol–water partition coefficient (Wildman–Crippen LogP) is 0.644. The van der Waals surface area contributed by atoms with Gasteiger partial charge in [-0.25, -0.2) is 12.7 Å². The maximum atomic E-state index is 11.7. The summed E-state index contributed by atoms with van der Waals surface area (Å²) in [4.78, 5) is 0.220. The van der Waals surface area contributed by atoms with Crippen LogP contribution in [0.15, 0.2) is 29.2 Å². The summed E-state index contributed by atoms with van der Waals surface area (Å²) in [7, 11) is -0.404. The minimum Gasteiger partial charge on any atom is -0.324 e. The van der Waals surface area contributed by atoms with Gasteiger partial charge in [0, 0.05) is 19.8 Å². The third kappa shape index (κ3) is 3.07. The number of anilines is 1. The van der Waals surface area contributed by atoms with Gasteiger partial charge < -0.3 is 5.43 Å². The summed E-state index contributed by atoms with van der Waals surface area (Å²) in [6, 6.07) is 6.33. The van der Waals surface area contributed by atoms with Gasteiger partial charge >= 0.3 is 0 Å². The Morgan fingerprint density at radius 2 is 1.93 bits per heavy atom. The monoisotopic (exact) mass is 251 g/mol. The smallest absolute Gasteiger partial charge is 0.242 e. The van der Waals surface area contributed by atoms with E-state index in [4.69, 9.17) is 5.84 Å². The number of benzene rings is 1. The molecule has 0 fully saturated rings. The van der Waals surface area contributed by atoms with Gasteiger partial charge in [-0.1, -0.05) is 6.07 Å². The first kappa shape index (κ1) is 14.2. The first-order chi connectivity index (χ1) is 6.48. The topological polar surface area (TPSA) is 75.4 Å². The first-order valence-electron chi connectivity index (χ1n) is 3.97. The average molecular weight is 252 g/mol. The minimum absolute atomic E-state index is 0. The number of nitrogen functional groups attached to an aromatic ring is 1. The largest absolute Gasteiger partial charge is 0.324 e. The van der Waals surface area contributed by atoms with Crippen molar-refractivity contribution in [2.24, 2.45) is 5.84 Å². The molecule has 0 aliphatic rings. The predicted molar refractivity (Wildman–Crippen MR) is 62.4 cm³/mol. The molecule has 0 amide bonds. The van der Waals surface area contributed by atoms with Gasteiger partial charge in [-0.2, -0.15) is 0 Å². The summed E-state index contributed by atoms with van der Waals surface area (Å²) < 4.78 is 24.5. The van der Waals surface area contributed by atoms with E-state index in [1.807, 2.05) is 0 Å². The number of nitrogens with one attached hydrogen (secondary N) is 1. The first-order valence-corrected chi connectivity index (χ1v) is 5.41. The zero-order chi connectivity index (χ0) is 10.8.